The Hall–Kier alpha value is -2.95. The highest BCUT2D eigenvalue weighted by atomic mass is 32.1. The van der Waals surface area contributed by atoms with E-state index in [4.69, 9.17) is 10.3 Å². The Morgan fingerprint density at radius 1 is 1.35 bits per heavy atom. The van der Waals surface area contributed by atoms with E-state index in [2.05, 4.69) is 15.3 Å². The maximum absolute atomic E-state index is 13.6. The van der Waals surface area contributed by atoms with Crippen LogP contribution in [0.1, 0.15) is 16.3 Å². The number of fused-ring (bicyclic) bond motifs is 1. The quantitative estimate of drug-likeness (QED) is 0.393. The van der Waals surface area contributed by atoms with Gasteiger partial charge in [-0.3, -0.25) is 0 Å². The molecule has 26 heavy (non-hydrogen) atoms. The molecule has 0 saturated carbocycles. The molecule has 2 aromatic heterocycles. The Morgan fingerprint density at radius 3 is 2.54 bits per heavy atom. The molecule has 0 fully saturated rings. The number of phenols is 1. The van der Waals surface area contributed by atoms with Crippen molar-refractivity contribution in [1.82, 2.24) is 4.98 Å². The Balaban J connectivity index is 2.61. The van der Waals surface area contributed by atoms with E-state index in [0.717, 1.165) is 17.4 Å². The predicted molar refractivity (Wildman–Crippen MR) is 88.7 cm³/mol. The first-order chi connectivity index (χ1) is 12.2. The van der Waals surface area contributed by atoms with Crippen LogP contribution >= 0.6 is 11.3 Å². The fourth-order valence-electron chi connectivity index (χ4n) is 2.62. The third kappa shape index (κ3) is 2.69. The van der Waals surface area contributed by atoms with Crippen LogP contribution in [0.25, 0.3) is 22.2 Å². The third-order valence-electron chi connectivity index (χ3n) is 3.69. The second kappa shape index (κ2) is 6.09. The van der Waals surface area contributed by atoms with Crippen molar-refractivity contribution >= 4 is 28.0 Å². The van der Waals surface area contributed by atoms with Gasteiger partial charge in [0.2, 0.25) is 5.76 Å². The number of thiazole rings is 1. The summed E-state index contributed by atoms with van der Waals surface area (Å²) in [7, 11) is 0. The number of aryl methyl sites for hydroxylation is 2. The van der Waals surface area contributed by atoms with Gasteiger partial charge in [-0.05, 0) is 30.7 Å². The van der Waals surface area contributed by atoms with E-state index in [9.17, 15) is 23.2 Å². The lowest BCUT2D eigenvalue weighted by molar-refractivity contribution is -0.152. The molecule has 136 valence electrons. The zero-order valence-electron chi connectivity index (χ0n) is 13.4. The maximum atomic E-state index is 13.6. The van der Waals surface area contributed by atoms with Crippen molar-refractivity contribution < 1.29 is 22.7 Å². The van der Waals surface area contributed by atoms with Crippen LogP contribution in [0.2, 0.25) is 0 Å². The number of alkyl halides is 3. The predicted octanol–water partition coefficient (Wildman–Crippen LogP) is 4.07. The van der Waals surface area contributed by atoms with E-state index >= 15 is 0 Å². The number of hydrogen-bond donors (Lipinski definition) is 2. The van der Waals surface area contributed by atoms with Crippen molar-refractivity contribution in [2.45, 2.75) is 20.0 Å². The first-order valence-corrected chi connectivity index (χ1v) is 7.97. The lowest BCUT2D eigenvalue weighted by Crippen LogP contribution is -2.19. The summed E-state index contributed by atoms with van der Waals surface area (Å²) in [6.07, 6.45) is -4.87. The number of nitrogens with two attached hydrogens (primary N) is 1. The van der Waals surface area contributed by atoms with Crippen molar-refractivity contribution in [1.29, 1.82) is 0 Å². The minimum absolute atomic E-state index is 0.0599. The molecule has 0 spiro atoms. The van der Waals surface area contributed by atoms with Gasteiger partial charge in [0.1, 0.15) is 10.9 Å². The molecule has 3 aromatic rings. The molecule has 0 radical (unpaired) electrons. The molecule has 0 atom stereocenters. The molecule has 0 saturated heterocycles. The highest BCUT2D eigenvalue weighted by Crippen LogP contribution is 2.42. The summed E-state index contributed by atoms with van der Waals surface area (Å²) in [6.45, 7) is 3.02. The van der Waals surface area contributed by atoms with Crippen molar-refractivity contribution in [2.24, 2.45) is 16.1 Å². The van der Waals surface area contributed by atoms with Crippen LogP contribution in [0.15, 0.2) is 26.1 Å². The number of halogens is 3. The van der Waals surface area contributed by atoms with Gasteiger partial charge >= 0.3 is 6.18 Å². The highest BCUT2D eigenvalue weighted by molar-refractivity contribution is 7.09. The number of aromatic hydroxyl groups is 1. The zero-order valence-corrected chi connectivity index (χ0v) is 14.2. The molecule has 7 nitrogen and oxygen atoms in total. The fraction of sp³-hybridized carbons (Fsp3) is 0.200. The normalized spacial score (nSPS) is 12.7. The zero-order chi connectivity index (χ0) is 19.2. The van der Waals surface area contributed by atoms with Gasteiger partial charge < -0.3 is 15.4 Å². The Bertz CT molecular complexity index is 1100. The van der Waals surface area contributed by atoms with Gasteiger partial charge in [-0.2, -0.15) is 18.3 Å². The lowest BCUT2D eigenvalue weighted by atomic mass is 10.0. The van der Waals surface area contributed by atoms with Gasteiger partial charge in [0.25, 0.3) is 0 Å². The highest BCUT2D eigenvalue weighted by Gasteiger charge is 2.40. The number of benzene rings is 1. The van der Waals surface area contributed by atoms with Gasteiger partial charge in [-0.25, -0.2) is 4.98 Å². The molecule has 0 bridgehead atoms. The molecular weight excluding hydrogens is 373 g/mol. The number of nitroso groups, excluding NO2 is 1. The number of aromatic nitrogens is 1. The summed E-state index contributed by atoms with van der Waals surface area (Å²) in [4.78, 5) is 15.0. The molecule has 1 aromatic carbocycles. The number of hydrogen-bond acceptors (Lipinski definition) is 8. The van der Waals surface area contributed by atoms with Gasteiger partial charge in [-0.15, -0.1) is 16.2 Å². The average molecular weight is 384 g/mol. The Kier molecular flexibility index (Phi) is 4.18. The number of nitrogens with zero attached hydrogens (tertiary/aromatic N) is 3. The van der Waals surface area contributed by atoms with E-state index in [1.54, 1.807) is 6.92 Å². The van der Waals surface area contributed by atoms with Crippen molar-refractivity contribution in [3.05, 3.63) is 38.0 Å². The van der Waals surface area contributed by atoms with Crippen molar-refractivity contribution in [3.8, 4) is 17.0 Å². The van der Waals surface area contributed by atoms with Crippen LogP contribution < -0.4 is 11.2 Å². The van der Waals surface area contributed by atoms with E-state index in [1.807, 2.05) is 0 Å². The van der Waals surface area contributed by atoms with Gasteiger partial charge in [0.15, 0.2) is 11.4 Å². The van der Waals surface area contributed by atoms with Gasteiger partial charge in [0.05, 0.1) is 21.7 Å². The van der Waals surface area contributed by atoms with E-state index in [0.29, 0.717) is 5.01 Å². The standard InChI is InChI=1S/C15H11F3N4O3S/c1-5-3-8-10(13(23)11(5)22-24)12(21-19)9(7-4-26-6(2)20-7)14(25-8)15(16,17)18/h3-4,23H,19H2,1-2H3. The van der Waals surface area contributed by atoms with E-state index in [1.165, 1.54) is 12.3 Å². The van der Waals surface area contributed by atoms with Gasteiger partial charge in [0, 0.05) is 5.38 Å². The lowest BCUT2D eigenvalue weighted by Gasteiger charge is -2.14. The fourth-order valence-corrected chi connectivity index (χ4v) is 3.23. The maximum Gasteiger partial charge on any atom is 0.450 e. The third-order valence-corrected chi connectivity index (χ3v) is 4.47. The second-order valence-electron chi connectivity index (χ2n) is 5.39. The molecule has 0 aliphatic carbocycles. The average Bonchev–Trinajstić information content (AvgIpc) is 2.98. The largest absolute Gasteiger partial charge is 0.505 e. The van der Waals surface area contributed by atoms with Crippen molar-refractivity contribution in [3.63, 3.8) is 0 Å². The molecule has 11 heteroatoms. The molecule has 3 rings (SSSR count). The first kappa shape index (κ1) is 17.9. The topological polar surface area (TPSA) is 114 Å². The van der Waals surface area contributed by atoms with Crippen LogP contribution in [0.3, 0.4) is 0 Å². The molecule has 0 aliphatic heterocycles. The molecule has 0 unspecified atom stereocenters. The van der Waals surface area contributed by atoms with Crippen LogP contribution in [0.4, 0.5) is 18.9 Å². The second-order valence-corrected chi connectivity index (χ2v) is 6.45. The monoisotopic (exact) mass is 384 g/mol. The summed E-state index contributed by atoms with van der Waals surface area (Å²) >= 11 is 1.12. The van der Waals surface area contributed by atoms with Crippen LogP contribution in [0.5, 0.6) is 5.75 Å². The number of phenolic OH excluding ortho intramolecular Hbond substituents is 1. The summed E-state index contributed by atoms with van der Waals surface area (Å²) in [5.74, 6) is 3.32. The molecule has 0 aliphatic rings. The number of rotatable bonds is 2. The molecule has 2 heterocycles. The summed E-state index contributed by atoms with van der Waals surface area (Å²) < 4.78 is 45.8. The minimum atomic E-state index is -4.87. The van der Waals surface area contributed by atoms with Crippen molar-refractivity contribution in [2.75, 3.05) is 0 Å². The minimum Gasteiger partial charge on any atom is -0.505 e. The summed E-state index contributed by atoms with van der Waals surface area (Å²) in [5, 5.41) is 17.7. The molecule has 0 amide bonds. The van der Waals surface area contributed by atoms with Crippen LogP contribution in [0, 0.1) is 18.8 Å². The smallest absolute Gasteiger partial charge is 0.450 e. The molecular formula is C15H11F3N4O3S. The summed E-state index contributed by atoms with van der Waals surface area (Å²) in [5.41, 5.74) is -1.11. The Labute approximate surface area is 147 Å². The SMILES string of the molecule is Cc1nc(-c2c(C(F)(F)F)oc3cc(C)c(N=O)c(O)c3c2=NN)cs1. The molecule has 3 N–H and O–H groups in total. The first-order valence-electron chi connectivity index (χ1n) is 7.09. The van der Waals surface area contributed by atoms with Gasteiger partial charge in [-0.1, -0.05) is 0 Å². The summed E-state index contributed by atoms with van der Waals surface area (Å²) in [6, 6.07) is 1.16. The van der Waals surface area contributed by atoms with E-state index in [-0.39, 0.29) is 27.9 Å². The van der Waals surface area contributed by atoms with Crippen LogP contribution in [-0.4, -0.2) is 10.1 Å². The van der Waals surface area contributed by atoms with Crippen LogP contribution in [-0.2, 0) is 6.18 Å². The van der Waals surface area contributed by atoms with E-state index < -0.39 is 28.6 Å². The Morgan fingerprint density at radius 2 is 2.04 bits per heavy atom.